The van der Waals surface area contributed by atoms with E-state index in [1.54, 1.807) is 0 Å². The summed E-state index contributed by atoms with van der Waals surface area (Å²) in [4.78, 5) is 11.6. The molecule has 0 spiro atoms. The molecule has 194 valence electrons. The molecule has 0 aromatic carbocycles. The van der Waals surface area contributed by atoms with Crippen LogP contribution in [0.5, 0.6) is 0 Å². The summed E-state index contributed by atoms with van der Waals surface area (Å²) in [6.45, 7) is 12.2. The lowest BCUT2D eigenvalue weighted by atomic mass is 9.53. The van der Waals surface area contributed by atoms with E-state index in [1.165, 1.54) is 16.7 Å². The molecule has 3 N–H and O–H groups in total. The van der Waals surface area contributed by atoms with Crippen LogP contribution in [0.1, 0.15) is 106 Å². The molecule has 0 amide bonds. The first-order valence-corrected chi connectivity index (χ1v) is 13.1. The smallest absolute Gasteiger partial charge is 0.145 e. The van der Waals surface area contributed by atoms with Crippen LogP contribution in [0, 0.1) is 11.3 Å². The van der Waals surface area contributed by atoms with Gasteiger partial charge in [0.05, 0.1) is 12.2 Å². The zero-order chi connectivity index (χ0) is 25.8. The predicted octanol–water partition coefficient (Wildman–Crippen LogP) is 6.61. The molecule has 0 aromatic heterocycles. The third-order valence-electron chi connectivity index (χ3n) is 7.86. The Morgan fingerprint density at radius 1 is 0.971 bits per heavy atom. The van der Waals surface area contributed by atoms with Crippen LogP contribution in [0.3, 0.4) is 0 Å². The highest BCUT2D eigenvalue weighted by molar-refractivity contribution is 5.74. The minimum absolute atomic E-state index is 0.0633. The summed E-state index contributed by atoms with van der Waals surface area (Å²) >= 11 is 0. The summed E-state index contributed by atoms with van der Waals surface area (Å²) in [5.41, 5.74) is 4.11. The maximum Gasteiger partial charge on any atom is 0.145 e. The fourth-order valence-corrected chi connectivity index (χ4v) is 5.52. The summed E-state index contributed by atoms with van der Waals surface area (Å²) in [6.07, 6.45) is 15.8. The van der Waals surface area contributed by atoms with Gasteiger partial charge in [0.2, 0.25) is 0 Å². The molecule has 0 aromatic rings. The number of aliphatic hydroxyl groups excluding tert-OH is 2. The van der Waals surface area contributed by atoms with Gasteiger partial charge in [0.25, 0.3) is 0 Å². The fraction of sp³-hybridized carbons (Fsp3) is 0.700. The van der Waals surface area contributed by atoms with Crippen molar-refractivity contribution >= 4 is 6.29 Å². The van der Waals surface area contributed by atoms with Crippen LogP contribution in [0.25, 0.3) is 0 Å². The molecule has 0 radical (unpaired) electrons. The van der Waals surface area contributed by atoms with Gasteiger partial charge in [-0.25, -0.2) is 0 Å². The average Bonchev–Trinajstić information content (AvgIpc) is 2.78. The van der Waals surface area contributed by atoms with Gasteiger partial charge in [-0.15, -0.1) is 0 Å². The molecular weight excluding hydrogens is 424 g/mol. The average molecular weight is 475 g/mol. The van der Waals surface area contributed by atoms with Crippen molar-refractivity contribution in [2.75, 3.05) is 13.2 Å². The van der Waals surface area contributed by atoms with Crippen molar-refractivity contribution in [2.45, 2.75) is 111 Å². The molecule has 4 nitrogen and oxygen atoms in total. The zero-order valence-corrected chi connectivity index (χ0v) is 22.6. The van der Waals surface area contributed by atoms with Crippen molar-refractivity contribution in [3.63, 3.8) is 0 Å². The molecule has 0 unspecified atom stereocenters. The van der Waals surface area contributed by atoms with Crippen LogP contribution in [-0.4, -0.2) is 40.4 Å². The lowest BCUT2D eigenvalue weighted by molar-refractivity contribution is -0.146. The van der Waals surface area contributed by atoms with Gasteiger partial charge in [-0.1, -0.05) is 40.5 Å². The minimum atomic E-state index is -1.03. The van der Waals surface area contributed by atoms with Crippen LogP contribution in [0.4, 0.5) is 0 Å². The molecule has 4 heteroatoms. The summed E-state index contributed by atoms with van der Waals surface area (Å²) in [5, 5.41) is 31.5. The molecule has 1 fully saturated rings. The quantitative estimate of drug-likeness (QED) is 0.150. The molecule has 1 rings (SSSR count). The Kier molecular flexibility index (Phi) is 13.3. The van der Waals surface area contributed by atoms with E-state index in [4.69, 9.17) is 0 Å². The lowest BCUT2D eigenvalue weighted by Crippen LogP contribution is -2.56. The van der Waals surface area contributed by atoms with Crippen molar-refractivity contribution in [3.8, 4) is 0 Å². The van der Waals surface area contributed by atoms with E-state index in [2.05, 4.69) is 45.9 Å². The number of carbonyl (C=O) groups is 1. The molecular formula is C30H50O4. The number of hydrogen-bond acceptors (Lipinski definition) is 4. The first kappa shape index (κ1) is 30.5. The molecule has 0 bridgehead atoms. The minimum Gasteiger partial charge on any atom is -0.396 e. The Balaban J connectivity index is 2.93. The van der Waals surface area contributed by atoms with Gasteiger partial charge in [-0.2, -0.15) is 0 Å². The van der Waals surface area contributed by atoms with Crippen LogP contribution in [-0.2, 0) is 4.79 Å². The highest BCUT2D eigenvalue weighted by atomic mass is 16.3. The molecule has 1 aliphatic carbocycles. The van der Waals surface area contributed by atoms with Crippen molar-refractivity contribution in [1.29, 1.82) is 0 Å². The normalized spacial score (nSPS) is 27.5. The van der Waals surface area contributed by atoms with Crippen LogP contribution >= 0.6 is 0 Å². The van der Waals surface area contributed by atoms with Crippen molar-refractivity contribution in [1.82, 2.24) is 0 Å². The van der Waals surface area contributed by atoms with E-state index in [0.29, 0.717) is 37.7 Å². The predicted molar refractivity (Wildman–Crippen MR) is 143 cm³/mol. The van der Waals surface area contributed by atoms with Gasteiger partial charge in [0, 0.05) is 12.0 Å². The van der Waals surface area contributed by atoms with Gasteiger partial charge in [0.1, 0.15) is 6.29 Å². The molecule has 34 heavy (non-hydrogen) atoms. The number of carbonyl (C=O) groups excluding carboxylic acids is 1. The first-order chi connectivity index (χ1) is 16.0. The summed E-state index contributed by atoms with van der Waals surface area (Å²) in [6, 6.07) is 0. The van der Waals surface area contributed by atoms with Crippen molar-refractivity contribution in [3.05, 3.63) is 46.1 Å². The maximum atomic E-state index is 11.6. The number of aldehydes is 1. The van der Waals surface area contributed by atoms with Crippen LogP contribution in [0.2, 0.25) is 0 Å². The zero-order valence-electron chi connectivity index (χ0n) is 22.6. The van der Waals surface area contributed by atoms with E-state index >= 15 is 0 Å². The number of allylic oxidation sites excluding steroid dienone is 8. The monoisotopic (exact) mass is 474 g/mol. The second kappa shape index (κ2) is 14.8. The van der Waals surface area contributed by atoms with Crippen LogP contribution in [0.15, 0.2) is 46.1 Å². The van der Waals surface area contributed by atoms with Crippen molar-refractivity contribution in [2.24, 2.45) is 11.3 Å². The fourth-order valence-electron chi connectivity index (χ4n) is 5.52. The van der Waals surface area contributed by atoms with Crippen molar-refractivity contribution < 1.29 is 20.1 Å². The van der Waals surface area contributed by atoms with Crippen LogP contribution < -0.4 is 0 Å². The highest BCUT2D eigenvalue weighted by Crippen LogP contribution is 2.55. The second-order valence-electron chi connectivity index (χ2n) is 10.8. The topological polar surface area (TPSA) is 77.8 Å². The largest absolute Gasteiger partial charge is 0.396 e. The Bertz CT molecular complexity index is 765. The van der Waals surface area contributed by atoms with Gasteiger partial charge < -0.3 is 15.3 Å². The standard InChI is InChI=1S/C30H50O4/c1-23(2)11-7-12-24(3)13-8-14-25(4)15-9-18-30(22-33)28(16-10-20-31)27(26(5)21-32)17-19-29(30,6)34/h11,13,15,21,28,31,33-34H,7-10,12,14,16-20,22H2,1-6H3/b24-13+,25-15+,27-26-/t28-,29+,30-/m1/s1. The molecule has 1 saturated carbocycles. The molecule has 1 aliphatic rings. The lowest BCUT2D eigenvalue weighted by Gasteiger charge is -2.54. The molecule has 0 saturated heterocycles. The molecule has 0 heterocycles. The Labute approximate surface area is 208 Å². The Morgan fingerprint density at radius 3 is 2.09 bits per heavy atom. The van der Waals surface area contributed by atoms with Gasteiger partial charge in [0.15, 0.2) is 0 Å². The van der Waals surface area contributed by atoms with E-state index in [9.17, 15) is 20.1 Å². The van der Waals surface area contributed by atoms with E-state index in [0.717, 1.165) is 44.0 Å². The summed E-state index contributed by atoms with van der Waals surface area (Å²) < 4.78 is 0. The number of rotatable bonds is 14. The third-order valence-corrected chi connectivity index (χ3v) is 7.86. The Morgan fingerprint density at radius 2 is 1.56 bits per heavy atom. The maximum absolute atomic E-state index is 11.6. The molecule has 0 aliphatic heterocycles. The van der Waals surface area contributed by atoms with E-state index in [-0.39, 0.29) is 19.1 Å². The van der Waals surface area contributed by atoms with E-state index < -0.39 is 11.0 Å². The highest BCUT2D eigenvalue weighted by Gasteiger charge is 2.54. The number of aliphatic hydroxyl groups is 3. The second-order valence-corrected chi connectivity index (χ2v) is 10.8. The first-order valence-electron chi connectivity index (χ1n) is 13.1. The SMILES string of the molecule is CC(C)=CCC/C(C)=C/CC/C(C)=C/CC[C@@]1(CO)[C@H](CCCO)/C(=C(/C)C=O)CC[C@]1(C)O. The number of hydrogen-bond donors (Lipinski definition) is 3. The van der Waals surface area contributed by atoms with Gasteiger partial charge >= 0.3 is 0 Å². The summed E-state index contributed by atoms with van der Waals surface area (Å²) in [7, 11) is 0. The Hall–Kier alpha value is -1.49. The molecule has 3 atom stereocenters. The van der Waals surface area contributed by atoms with Gasteiger partial charge in [-0.05, 0) is 117 Å². The third kappa shape index (κ3) is 8.62. The van der Waals surface area contributed by atoms with E-state index in [1.807, 2.05) is 13.8 Å². The van der Waals surface area contributed by atoms with Gasteiger partial charge in [-0.3, -0.25) is 4.79 Å². The summed E-state index contributed by atoms with van der Waals surface area (Å²) in [5.74, 6) is -0.112.